The zero-order chi connectivity index (χ0) is 11.6. The second-order valence-corrected chi connectivity index (χ2v) is 2.67. The number of nitro groups is 1. The number of aromatic nitrogens is 1. The summed E-state index contributed by atoms with van der Waals surface area (Å²) in [5, 5.41) is 19.0. The second kappa shape index (κ2) is 3.74. The van der Waals surface area contributed by atoms with E-state index in [4.69, 9.17) is 10.8 Å². The van der Waals surface area contributed by atoms with E-state index in [0.717, 1.165) is 12.3 Å². The van der Waals surface area contributed by atoms with Crippen LogP contribution in [0.5, 0.6) is 0 Å². The highest BCUT2D eigenvalue weighted by Gasteiger charge is 2.16. The molecule has 1 aromatic heterocycles. The number of carboxylic acid groups (broad SMARTS) is 1. The van der Waals surface area contributed by atoms with Crippen molar-refractivity contribution in [3.05, 3.63) is 34.5 Å². The predicted octanol–water partition coefficient (Wildman–Crippen LogP) is 0.670. The molecular weight excluding hydrogens is 202 g/mol. The summed E-state index contributed by atoms with van der Waals surface area (Å²) < 4.78 is 0. The van der Waals surface area contributed by atoms with Gasteiger partial charge in [0.2, 0.25) is 0 Å². The molecular formula is C8H7N3O4. The number of rotatable bonds is 3. The Morgan fingerprint density at radius 3 is 2.73 bits per heavy atom. The van der Waals surface area contributed by atoms with Gasteiger partial charge >= 0.3 is 5.97 Å². The number of nitrogen functional groups attached to an aromatic ring is 1. The molecule has 0 saturated heterocycles. The SMILES string of the molecule is C=C(C(=O)O)c1cc([N+](=O)[O-])cnc1N. The van der Waals surface area contributed by atoms with Gasteiger partial charge in [-0.2, -0.15) is 0 Å². The van der Waals surface area contributed by atoms with Crippen molar-refractivity contribution >= 4 is 23.0 Å². The first-order valence-electron chi connectivity index (χ1n) is 3.76. The third-order valence-corrected chi connectivity index (χ3v) is 1.70. The lowest BCUT2D eigenvalue weighted by Gasteiger charge is -2.03. The minimum atomic E-state index is -1.30. The van der Waals surface area contributed by atoms with Crippen LogP contribution in [0.15, 0.2) is 18.8 Å². The van der Waals surface area contributed by atoms with Gasteiger partial charge in [-0.3, -0.25) is 10.1 Å². The van der Waals surface area contributed by atoms with Crippen LogP contribution in [0.3, 0.4) is 0 Å². The van der Waals surface area contributed by atoms with Gasteiger partial charge in [0.1, 0.15) is 12.0 Å². The normalized spacial score (nSPS) is 9.60. The van der Waals surface area contributed by atoms with Crippen LogP contribution >= 0.6 is 0 Å². The fourth-order valence-corrected chi connectivity index (χ4v) is 0.921. The molecule has 0 amide bonds. The lowest BCUT2D eigenvalue weighted by molar-refractivity contribution is -0.385. The Morgan fingerprint density at radius 2 is 2.27 bits per heavy atom. The molecule has 0 saturated carbocycles. The molecule has 7 heteroatoms. The molecule has 0 aliphatic heterocycles. The fraction of sp³-hybridized carbons (Fsp3) is 0. The number of aliphatic carboxylic acids is 1. The summed E-state index contributed by atoms with van der Waals surface area (Å²) >= 11 is 0. The van der Waals surface area contributed by atoms with Gasteiger partial charge in [-0.05, 0) is 0 Å². The predicted molar refractivity (Wildman–Crippen MR) is 52.0 cm³/mol. The molecule has 0 spiro atoms. The molecule has 0 aromatic carbocycles. The van der Waals surface area contributed by atoms with Crippen LogP contribution in [-0.4, -0.2) is 21.0 Å². The number of nitrogens with zero attached hydrogens (tertiary/aromatic N) is 2. The topological polar surface area (TPSA) is 119 Å². The first kappa shape index (κ1) is 10.6. The first-order chi connectivity index (χ1) is 6.93. The summed E-state index contributed by atoms with van der Waals surface area (Å²) in [5.41, 5.74) is 4.66. The van der Waals surface area contributed by atoms with E-state index in [1.54, 1.807) is 0 Å². The number of carboxylic acids is 1. The highest BCUT2D eigenvalue weighted by molar-refractivity contribution is 6.15. The summed E-state index contributed by atoms with van der Waals surface area (Å²) in [6.45, 7) is 3.24. The van der Waals surface area contributed by atoms with Crippen molar-refractivity contribution in [1.82, 2.24) is 4.98 Å². The Hall–Kier alpha value is -2.44. The van der Waals surface area contributed by atoms with Crippen molar-refractivity contribution in [3.8, 4) is 0 Å². The van der Waals surface area contributed by atoms with E-state index in [1.807, 2.05) is 0 Å². The van der Waals surface area contributed by atoms with Crippen molar-refractivity contribution in [2.24, 2.45) is 0 Å². The molecule has 15 heavy (non-hydrogen) atoms. The molecule has 0 atom stereocenters. The quantitative estimate of drug-likeness (QED) is 0.429. The molecule has 78 valence electrons. The molecule has 0 radical (unpaired) electrons. The Kier molecular flexibility index (Phi) is 2.65. The minimum Gasteiger partial charge on any atom is -0.478 e. The van der Waals surface area contributed by atoms with Crippen molar-refractivity contribution < 1.29 is 14.8 Å². The van der Waals surface area contributed by atoms with Crippen molar-refractivity contribution in [3.63, 3.8) is 0 Å². The molecule has 1 heterocycles. The number of nitrogens with two attached hydrogens (primary N) is 1. The van der Waals surface area contributed by atoms with E-state index in [2.05, 4.69) is 11.6 Å². The zero-order valence-electron chi connectivity index (χ0n) is 7.51. The van der Waals surface area contributed by atoms with Gasteiger partial charge in [0, 0.05) is 11.6 Å². The van der Waals surface area contributed by atoms with Crippen molar-refractivity contribution in [2.45, 2.75) is 0 Å². The van der Waals surface area contributed by atoms with E-state index >= 15 is 0 Å². The maximum absolute atomic E-state index is 10.6. The maximum Gasteiger partial charge on any atom is 0.335 e. The monoisotopic (exact) mass is 209 g/mol. The lowest BCUT2D eigenvalue weighted by atomic mass is 10.1. The molecule has 3 N–H and O–H groups in total. The molecule has 0 aliphatic carbocycles. The van der Waals surface area contributed by atoms with E-state index in [1.165, 1.54) is 0 Å². The fourth-order valence-electron chi connectivity index (χ4n) is 0.921. The standard InChI is InChI=1S/C8H7N3O4/c1-4(8(12)13)6-2-5(11(14)15)3-10-7(6)9/h2-3H,1H2,(H2,9,10)(H,12,13). The van der Waals surface area contributed by atoms with Gasteiger partial charge in [0.25, 0.3) is 5.69 Å². The molecule has 0 bridgehead atoms. The average Bonchev–Trinajstić information content (AvgIpc) is 2.16. The van der Waals surface area contributed by atoms with Gasteiger partial charge in [0.05, 0.1) is 10.5 Å². The number of hydrogen-bond donors (Lipinski definition) is 2. The average molecular weight is 209 g/mol. The first-order valence-corrected chi connectivity index (χ1v) is 3.76. The van der Waals surface area contributed by atoms with Crippen LogP contribution in [0.1, 0.15) is 5.56 Å². The van der Waals surface area contributed by atoms with Crippen molar-refractivity contribution in [2.75, 3.05) is 5.73 Å². The van der Waals surface area contributed by atoms with Crippen LogP contribution in [0.2, 0.25) is 0 Å². The Morgan fingerprint density at radius 1 is 1.67 bits per heavy atom. The highest BCUT2D eigenvalue weighted by Crippen LogP contribution is 2.22. The minimum absolute atomic E-state index is 0.0447. The van der Waals surface area contributed by atoms with Crippen LogP contribution in [0, 0.1) is 10.1 Å². The number of hydrogen-bond acceptors (Lipinski definition) is 5. The summed E-state index contributed by atoms with van der Waals surface area (Å²) in [4.78, 5) is 23.8. The zero-order valence-corrected chi connectivity index (χ0v) is 7.51. The highest BCUT2D eigenvalue weighted by atomic mass is 16.6. The van der Waals surface area contributed by atoms with E-state index in [9.17, 15) is 14.9 Å². The third-order valence-electron chi connectivity index (χ3n) is 1.70. The van der Waals surface area contributed by atoms with E-state index in [-0.39, 0.29) is 22.6 Å². The van der Waals surface area contributed by atoms with Gasteiger partial charge in [-0.15, -0.1) is 0 Å². The summed E-state index contributed by atoms with van der Waals surface area (Å²) in [6, 6.07) is 1.03. The molecule has 0 aliphatic rings. The van der Waals surface area contributed by atoms with Crippen molar-refractivity contribution in [1.29, 1.82) is 0 Å². The summed E-state index contributed by atoms with van der Waals surface area (Å²) in [7, 11) is 0. The summed E-state index contributed by atoms with van der Waals surface area (Å²) in [5.74, 6) is -1.41. The number of pyridine rings is 1. The smallest absolute Gasteiger partial charge is 0.335 e. The Labute approximate surface area is 84.0 Å². The Balaban J connectivity index is 3.28. The number of anilines is 1. The second-order valence-electron chi connectivity index (χ2n) is 2.67. The maximum atomic E-state index is 10.6. The van der Waals surface area contributed by atoms with Crippen LogP contribution in [-0.2, 0) is 4.79 Å². The van der Waals surface area contributed by atoms with E-state index in [0.29, 0.717) is 0 Å². The molecule has 1 rings (SSSR count). The molecule has 7 nitrogen and oxygen atoms in total. The molecule has 0 unspecified atom stereocenters. The van der Waals surface area contributed by atoms with Gasteiger partial charge in [0.15, 0.2) is 0 Å². The molecule has 0 fully saturated rings. The third kappa shape index (κ3) is 2.08. The van der Waals surface area contributed by atoms with Crippen LogP contribution < -0.4 is 5.73 Å². The lowest BCUT2D eigenvalue weighted by Crippen LogP contribution is -2.04. The van der Waals surface area contributed by atoms with Crippen LogP contribution in [0.25, 0.3) is 5.57 Å². The van der Waals surface area contributed by atoms with Gasteiger partial charge in [-0.25, -0.2) is 9.78 Å². The number of carbonyl (C=O) groups is 1. The molecule has 1 aromatic rings. The largest absolute Gasteiger partial charge is 0.478 e. The summed E-state index contributed by atoms with van der Waals surface area (Å²) in [6.07, 6.45) is 0.952. The van der Waals surface area contributed by atoms with Gasteiger partial charge < -0.3 is 10.8 Å². The van der Waals surface area contributed by atoms with Gasteiger partial charge in [-0.1, -0.05) is 6.58 Å². The van der Waals surface area contributed by atoms with Crippen LogP contribution in [0.4, 0.5) is 11.5 Å². The Bertz CT molecular complexity index is 455. The van der Waals surface area contributed by atoms with E-state index < -0.39 is 10.9 Å².